The lowest BCUT2D eigenvalue weighted by Crippen LogP contribution is -2.33. The Balaban J connectivity index is 1.57. The summed E-state index contributed by atoms with van der Waals surface area (Å²) in [6, 6.07) is 5.69. The number of ether oxygens (including phenoxy) is 2. The number of fused-ring (bicyclic) bond motifs is 1. The second-order valence-corrected chi connectivity index (χ2v) is 6.45. The molecule has 1 amide bonds. The van der Waals surface area contributed by atoms with Gasteiger partial charge in [0.05, 0.1) is 4.91 Å². The van der Waals surface area contributed by atoms with E-state index in [1.807, 2.05) is 24.3 Å². The average Bonchev–Trinajstić information content (AvgIpc) is 3.16. The molecule has 0 bridgehead atoms. The van der Waals surface area contributed by atoms with E-state index in [-0.39, 0.29) is 12.7 Å². The lowest BCUT2D eigenvalue weighted by atomic mass is 10.1. The molecule has 0 unspecified atom stereocenters. The maximum absolute atomic E-state index is 12.2. The van der Waals surface area contributed by atoms with Crippen molar-refractivity contribution in [1.82, 2.24) is 4.90 Å². The first-order valence-electron chi connectivity index (χ1n) is 7.47. The van der Waals surface area contributed by atoms with E-state index in [2.05, 4.69) is 9.89 Å². The maximum Gasteiger partial charge on any atom is 0.286 e. The predicted molar refractivity (Wildman–Crippen MR) is 86.0 cm³/mol. The highest BCUT2D eigenvalue weighted by Gasteiger charge is 2.27. The fraction of sp³-hybridized carbons (Fsp3) is 0.375. The van der Waals surface area contributed by atoms with Gasteiger partial charge in [0.1, 0.15) is 0 Å². The summed E-state index contributed by atoms with van der Waals surface area (Å²) >= 11 is 1.46. The molecule has 1 fully saturated rings. The standard InChI is InChI=1S/C16H16N2O3S/c19-15-13(22-16(17-15)18-7-2-1-3-8-18)9-11-5-4-6-12-14(11)21-10-20-12/h4-6,9H,1-3,7-8,10H2. The molecule has 1 aromatic rings. The van der Waals surface area contributed by atoms with Gasteiger partial charge >= 0.3 is 0 Å². The van der Waals surface area contributed by atoms with Gasteiger partial charge in [0, 0.05) is 18.7 Å². The second-order valence-electron chi connectivity index (χ2n) is 5.44. The number of carbonyl (C=O) groups excluding carboxylic acids is 1. The number of rotatable bonds is 1. The Morgan fingerprint density at radius 1 is 1.18 bits per heavy atom. The van der Waals surface area contributed by atoms with E-state index < -0.39 is 0 Å². The van der Waals surface area contributed by atoms with Crippen LogP contribution in [0, 0.1) is 0 Å². The molecule has 0 spiro atoms. The highest BCUT2D eigenvalue weighted by Crippen LogP contribution is 2.39. The molecule has 1 aromatic carbocycles. The van der Waals surface area contributed by atoms with Gasteiger partial charge < -0.3 is 14.4 Å². The number of para-hydroxylation sites is 1. The topological polar surface area (TPSA) is 51.1 Å². The van der Waals surface area contributed by atoms with Crippen molar-refractivity contribution in [3.05, 3.63) is 28.7 Å². The molecule has 3 aliphatic heterocycles. The molecule has 22 heavy (non-hydrogen) atoms. The first kappa shape index (κ1) is 13.7. The van der Waals surface area contributed by atoms with Crippen molar-refractivity contribution in [2.45, 2.75) is 19.3 Å². The Bertz CT molecular complexity index is 678. The van der Waals surface area contributed by atoms with Crippen LogP contribution >= 0.6 is 11.8 Å². The summed E-state index contributed by atoms with van der Waals surface area (Å²) in [6.07, 6.45) is 5.45. The predicted octanol–water partition coefficient (Wildman–Crippen LogP) is 2.87. The Labute approximate surface area is 133 Å². The van der Waals surface area contributed by atoms with Crippen LogP contribution in [0.4, 0.5) is 0 Å². The molecule has 114 valence electrons. The van der Waals surface area contributed by atoms with Gasteiger partial charge in [-0.1, -0.05) is 12.1 Å². The molecule has 0 radical (unpaired) electrons. The summed E-state index contributed by atoms with van der Waals surface area (Å²) in [5, 5.41) is 0.834. The van der Waals surface area contributed by atoms with Crippen molar-refractivity contribution >= 4 is 28.9 Å². The SMILES string of the molecule is O=C1N=C(N2CCCCC2)SC1=Cc1cccc2c1OCO2. The van der Waals surface area contributed by atoms with Crippen LogP contribution in [0.5, 0.6) is 11.5 Å². The van der Waals surface area contributed by atoms with Crippen LogP contribution in [0.15, 0.2) is 28.1 Å². The zero-order chi connectivity index (χ0) is 14.9. The van der Waals surface area contributed by atoms with Crippen molar-refractivity contribution in [1.29, 1.82) is 0 Å². The lowest BCUT2D eigenvalue weighted by molar-refractivity contribution is -0.113. The normalized spacial score (nSPS) is 22.4. The molecule has 0 aliphatic carbocycles. The summed E-state index contributed by atoms with van der Waals surface area (Å²) < 4.78 is 10.8. The van der Waals surface area contributed by atoms with E-state index in [1.165, 1.54) is 31.0 Å². The minimum absolute atomic E-state index is 0.165. The third kappa shape index (κ3) is 2.47. The molecule has 0 aromatic heterocycles. The fourth-order valence-electron chi connectivity index (χ4n) is 2.83. The maximum atomic E-state index is 12.2. The molecule has 0 saturated carbocycles. The molecular weight excluding hydrogens is 300 g/mol. The van der Waals surface area contributed by atoms with Crippen LogP contribution < -0.4 is 9.47 Å². The fourth-order valence-corrected chi connectivity index (χ4v) is 3.78. The minimum atomic E-state index is -0.165. The molecule has 6 heteroatoms. The number of hydrogen-bond donors (Lipinski definition) is 0. The van der Waals surface area contributed by atoms with E-state index in [4.69, 9.17) is 9.47 Å². The monoisotopic (exact) mass is 316 g/mol. The summed E-state index contributed by atoms with van der Waals surface area (Å²) in [5.74, 6) is 1.26. The van der Waals surface area contributed by atoms with E-state index in [0.29, 0.717) is 10.7 Å². The molecule has 1 saturated heterocycles. The van der Waals surface area contributed by atoms with E-state index in [9.17, 15) is 4.79 Å². The van der Waals surface area contributed by atoms with Crippen molar-refractivity contribution in [2.24, 2.45) is 4.99 Å². The van der Waals surface area contributed by atoms with Crippen molar-refractivity contribution < 1.29 is 14.3 Å². The summed E-state index contributed by atoms with van der Waals surface area (Å²) in [5.41, 5.74) is 0.862. The van der Waals surface area contributed by atoms with Crippen LogP contribution in [0.25, 0.3) is 6.08 Å². The number of nitrogens with zero attached hydrogens (tertiary/aromatic N) is 2. The van der Waals surface area contributed by atoms with Gasteiger partial charge in [-0.3, -0.25) is 4.79 Å². The van der Waals surface area contributed by atoms with Gasteiger partial charge in [0.2, 0.25) is 6.79 Å². The van der Waals surface area contributed by atoms with Crippen molar-refractivity contribution in [3.63, 3.8) is 0 Å². The van der Waals surface area contributed by atoms with Crippen LogP contribution in [0.3, 0.4) is 0 Å². The van der Waals surface area contributed by atoms with Gasteiger partial charge in [-0.15, -0.1) is 0 Å². The van der Waals surface area contributed by atoms with Gasteiger partial charge in [-0.2, -0.15) is 4.99 Å². The number of amides is 1. The van der Waals surface area contributed by atoms with Crippen molar-refractivity contribution in [3.8, 4) is 11.5 Å². The van der Waals surface area contributed by atoms with Crippen LogP contribution in [0.2, 0.25) is 0 Å². The molecule has 0 atom stereocenters. The Hall–Kier alpha value is -1.95. The number of aliphatic imine (C=N–C) groups is 1. The number of piperidine rings is 1. The number of amidine groups is 1. The van der Waals surface area contributed by atoms with Crippen molar-refractivity contribution in [2.75, 3.05) is 19.9 Å². The average molecular weight is 316 g/mol. The Morgan fingerprint density at radius 2 is 2.05 bits per heavy atom. The quantitative estimate of drug-likeness (QED) is 0.746. The Kier molecular flexibility index (Phi) is 3.54. The first-order valence-corrected chi connectivity index (χ1v) is 8.29. The van der Waals surface area contributed by atoms with E-state index in [0.717, 1.165) is 29.6 Å². The minimum Gasteiger partial charge on any atom is -0.454 e. The number of likely N-dealkylation sites (tertiary alicyclic amines) is 1. The number of carbonyl (C=O) groups is 1. The third-order valence-electron chi connectivity index (χ3n) is 3.95. The molecule has 5 nitrogen and oxygen atoms in total. The highest BCUT2D eigenvalue weighted by molar-refractivity contribution is 8.18. The first-order chi connectivity index (χ1) is 10.8. The van der Waals surface area contributed by atoms with Gasteiger partial charge in [0.25, 0.3) is 5.91 Å². The second kappa shape index (κ2) is 5.68. The molecule has 3 aliphatic rings. The van der Waals surface area contributed by atoms with E-state index in [1.54, 1.807) is 0 Å². The highest BCUT2D eigenvalue weighted by atomic mass is 32.2. The smallest absolute Gasteiger partial charge is 0.286 e. The molecule has 0 N–H and O–H groups in total. The molecular formula is C16H16N2O3S. The third-order valence-corrected chi connectivity index (χ3v) is 4.99. The number of thioether (sulfide) groups is 1. The van der Waals surface area contributed by atoms with Crippen LogP contribution in [0.1, 0.15) is 24.8 Å². The van der Waals surface area contributed by atoms with Crippen LogP contribution in [-0.4, -0.2) is 35.9 Å². The molecule has 3 heterocycles. The molecule has 4 rings (SSSR count). The van der Waals surface area contributed by atoms with Crippen LogP contribution in [-0.2, 0) is 4.79 Å². The summed E-state index contributed by atoms with van der Waals surface area (Å²) in [6.45, 7) is 2.21. The summed E-state index contributed by atoms with van der Waals surface area (Å²) in [7, 11) is 0. The van der Waals surface area contributed by atoms with Gasteiger partial charge in [0.15, 0.2) is 16.7 Å². The summed E-state index contributed by atoms with van der Waals surface area (Å²) in [4.78, 5) is 19.2. The number of benzene rings is 1. The largest absolute Gasteiger partial charge is 0.454 e. The zero-order valence-corrected chi connectivity index (χ0v) is 12.9. The van der Waals surface area contributed by atoms with Gasteiger partial charge in [-0.05, 0) is 43.2 Å². The zero-order valence-electron chi connectivity index (χ0n) is 12.1. The Morgan fingerprint density at radius 3 is 2.91 bits per heavy atom. The number of hydrogen-bond acceptors (Lipinski definition) is 5. The van der Waals surface area contributed by atoms with Gasteiger partial charge in [-0.25, -0.2) is 0 Å². The van der Waals surface area contributed by atoms with E-state index >= 15 is 0 Å². The lowest BCUT2D eigenvalue weighted by Gasteiger charge is -2.27.